The minimum absolute atomic E-state index is 0.0733. The van der Waals surface area contributed by atoms with Crippen molar-refractivity contribution >= 4 is 23.2 Å². The Morgan fingerprint density at radius 1 is 1.11 bits per heavy atom. The topological polar surface area (TPSA) is 72.9 Å². The Morgan fingerprint density at radius 2 is 1.79 bits per heavy atom. The predicted molar refractivity (Wildman–Crippen MR) is 111 cm³/mol. The molecule has 1 aliphatic heterocycles. The Labute approximate surface area is 165 Å². The molecule has 0 unspecified atom stereocenters. The second-order valence-electron chi connectivity index (χ2n) is 7.38. The molecule has 0 saturated carbocycles. The first-order valence-electron chi connectivity index (χ1n) is 9.56. The monoisotopic (exact) mass is 381 g/mol. The molecule has 0 radical (unpaired) electrons. The lowest BCUT2D eigenvalue weighted by Gasteiger charge is -2.29. The molecule has 2 aromatic carbocycles. The smallest absolute Gasteiger partial charge is 0.255 e. The summed E-state index contributed by atoms with van der Waals surface area (Å²) in [6.07, 6.45) is 1.33. The molecule has 6 nitrogen and oxygen atoms in total. The van der Waals surface area contributed by atoms with E-state index >= 15 is 0 Å². The molecule has 0 spiro atoms. The van der Waals surface area contributed by atoms with Crippen LogP contribution in [0, 0.1) is 0 Å². The van der Waals surface area contributed by atoms with Crippen molar-refractivity contribution < 1.29 is 14.7 Å². The summed E-state index contributed by atoms with van der Waals surface area (Å²) >= 11 is 0. The van der Waals surface area contributed by atoms with Gasteiger partial charge in [-0.05, 0) is 48.7 Å². The zero-order chi connectivity index (χ0) is 20.1. The van der Waals surface area contributed by atoms with Crippen LogP contribution >= 0.6 is 0 Å². The van der Waals surface area contributed by atoms with Crippen molar-refractivity contribution in [2.75, 3.05) is 37.4 Å². The average Bonchev–Trinajstić information content (AvgIpc) is 2.70. The van der Waals surface area contributed by atoms with Crippen LogP contribution in [0.1, 0.15) is 28.8 Å². The molecule has 1 heterocycles. The number of likely N-dealkylation sites (tertiary alicyclic amines) is 1. The summed E-state index contributed by atoms with van der Waals surface area (Å²) in [7, 11) is 3.87. The molecule has 2 amide bonds. The highest BCUT2D eigenvalue weighted by atomic mass is 16.3. The summed E-state index contributed by atoms with van der Waals surface area (Å²) in [4.78, 5) is 28.6. The van der Waals surface area contributed by atoms with Crippen molar-refractivity contribution in [2.24, 2.45) is 0 Å². The number of carbonyl (C=O) groups excluding carboxylic acids is 2. The molecule has 2 N–H and O–H groups in total. The van der Waals surface area contributed by atoms with Crippen LogP contribution in [-0.4, -0.2) is 55.1 Å². The van der Waals surface area contributed by atoms with Gasteiger partial charge in [-0.2, -0.15) is 0 Å². The van der Waals surface area contributed by atoms with Crippen molar-refractivity contribution in [3.63, 3.8) is 0 Å². The van der Waals surface area contributed by atoms with Crippen LogP contribution in [0.3, 0.4) is 0 Å². The fraction of sp³-hybridized carbons (Fsp3) is 0.364. The lowest BCUT2D eigenvalue weighted by Crippen LogP contribution is -2.40. The molecule has 148 valence electrons. The van der Waals surface area contributed by atoms with Crippen LogP contribution in [0.2, 0.25) is 0 Å². The normalized spacial score (nSPS) is 14.6. The average molecular weight is 381 g/mol. The Kier molecular flexibility index (Phi) is 6.31. The van der Waals surface area contributed by atoms with Crippen LogP contribution in [0.25, 0.3) is 0 Å². The third kappa shape index (κ3) is 5.10. The number of carbonyl (C=O) groups is 2. The van der Waals surface area contributed by atoms with Gasteiger partial charge in [-0.25, -0.2) is 0 Å². The number of hydrogen-bond donors (Lipinski definition) is 2. The number of nitrogens with zero attached hydrogens (tertiary/aromatic N) is 2. The van der Waals surface area contributed by atoms with Gasteiger partial charge in [0, 0.05) is 44.1 Å². The number of piperidine rings is 1. The molecule has 1 aliphatic rings. The van der Waals surface area contributed by atoms with Crippen LogP contribution in [0.5, 0.6) is 0 Å². The lowest BCUT2D eigenvalue weighted by molar-refractivity contribution is -0.132. The van der Waals surface area contributed by atoms with E-state index in [1.165, 1.54) is 0 Å². The molecule has 0 bridgehead atoms. The van der Waals surface area contributed by atoms with Crippen LogP contribution in [-0.2, 0) is 11.2 Å². The fourth-order valence-corrected chi connectivity index (χ4v) is 3.24. The summed E-state index contributed by atoms with van der Waals surface area (Å²) in [6.45, 7) is 1.22. The molecule has 28 heavy (non-hydrogen) atoms. The number of amides is 2. The number of hydrogen-bond acceptors (Lipinski definition) is 4. The van der Waals surface area contributed by atoms with Crippen LogP contribution in [0.4, 0.5) is 11.4 Å². The summed E-state index contributed by atoms with van der Waals surface area (Å²) in [5, 5.41) is 12.4. The fourth-order valence-electron chi connectivity index (χ4n) is 3.24. The first-order chi connectivity index (χ1) is 13.4. The molecular weight excluding hydrogens is 354 g/mol. The summed E-state index contributed by atoms with van der Waals surface area (Å²) < 4.78 is 0. The predicted octanol–water partition coefficient (Wildman–Crippen LogP) is 2.53. The Bertz CT molecular complexity index is 825. The molecule has 1 fully saturated rings. The minimum Gasteiger partial charge on any atom is -0.393 e. The Morgan fingerprint density at radius 3 is 2.43 bits per heavy atom. The van der Waals surface area contributed by atoms with E-state index in [1.54, 1.807) is 11.0 Å². The summed E-state index contributed by atoms with van der Waals surface area (Å²) in [6, 6.07) is 14.8. The zero-order valence-electron chi connectivity index (χ0n) is 16.4. The summed E-state index contributed by atoms with van der Waals surface area (Å²) in [5.74, 6) is -0.0939. The van der Waals surface area contributed by atoms with Gasteiger partial charge in [0.05, 0.1) is 12.5 Å². The van der Waals surface area contributed by atoms with Gasteiger partial charge in [0.2, 0.25) is 5.91 Å². The van der Waals surface area contributed by atoms with E-state index in [2.05, 4.69) is 5.32 Å². The van der Waals surface area contributed by atoms with Gasteiger partial charge in [0.25, 0.3) is 5.91 Å². The zero-order valence-corrected chi connectivity index (χ0v) is 16.4. The lowest BCUT2D eigenvalue weighted by atomic mass is 10.1. The van der Waals surface area contributed by atoms with E-state index in [0.717, 1.165) is 11.3 Å². The van der Waals surface area contributed by atoms with Gasteiger partial charge >= 0.3 is 0 Å². The first kappa shape index (κ1) is 19.9. The van der Waals surface area contributed by atoms with Gasteiger partial charge in [-0.3, -0.25) is 9.59 Å². The van der Waals surface area contributed by atoms with Crippen molar-refractivity contribution in [1.82, 2.24) is 4.90 Å². The standard InChI is InChI=1S/C22H27N3O3/c1-24(2)19-5-3-4-17(15-19)22(28)23-18-8-6-16(7-9-18)14-21(27)25-12-10-20(26)11-13-25/h3-9,15,20,26H,10-14H2,1-2H3,(H,23,28). The van der Waals surface area contributed by atoms with Crippen LogP contribution < -0.4 is 10.2 Å². The SMILES string of the molecule is CN(C)c1cccc(C(=O)Nc2ccc(CC(=O)N3CCC(O)CC3)cc2)c1. The number of nitrogens with one attached hydrogen (secondary N) is 1. The van der Waals surface area contributed by atoms with Gasteiger partial charge in [-0.1, -0.05) is 18.2 Å². The number of rotatable bonds is 5. The molecule has 0 aromatic heterocycles. The maximum atomic E-state index is 12.5. The number of aliphatic hydroxyl groups excluding tert-OH is 1. The van der Waals surface area contributed by atoms with E-state index in [-0.39, 0.29) is 17.9 Å². The quantitative estimate of drug-likeness (QED) is 0.835. The maximum Gasteiger partial charge on any atom is 0.255 e. The third-order valence-electron chi connectivity index (χ3n) is 5.01. The van der Waals surface area contributed by atoms with Gasteiger partial charge in [0.15, 0.2) is 0 Å². The number of benzene rings is 2. The minimum atomic E-state index is -0.287. The molecule has 1 saturated heterocycles. The van der Waals surface area contributed by atoms with E-state index < -0.39 is 0 Å². The van der Waals surface area contributed by atoms with Crippen molar-refractivity contribution in [3.05, 3.63) is 59.7 Å². The van der Waals surface area contributed by atoms with E-state index in [9.17, 15) is 14.7 Å². The van der Waals surface area contributed by atoms with Crippen LogP contribution in [0.15, 0.2) is 48.5 Å². The van der Waals surface area contributed by atoms with Gasteiger partial charge < -0.3 is 20.2 Å². The number of anilines is 2. The summed E-state index contributed by atoms with van der Waals surface area (Å²) in [5.41, 5.74) is 3.16. The second-order valence-corrected chi connectivity index (χ2v) is 7.38. The van der Waals surface area contributed by atoms with Gasteiger partial charge in [0.1, 0.15) is 0 Å². The van der Waals surface area contributed by atoms with Crippen molar-refractivity contribution in [2.45, 2.75) is 25.4 Å². The highest BCUT2D eigenvalue weighted by molar-refractivity contribution is 6.04. The molecule has 0 aliphatic carbocycles. The Balaban J connectivity index is 1.57. The molecule has 0 atom stereocenters. The van der Waals surface area contributed by atoms with E-state index in [4.69, 9.17) is 0 Å². The van der Waals surface area contributed by atoms with Gasteiger partial charge in [-0.15, -0.1) is 0 Å². The maximum absolute atomic E-state index is 12.5. The van der Waals surface area contributed by atoms with E-state index in [1.807, 2.05) is 61.5 Å². The molecular formula is C22H27N3O3. The van der Waals surface area contributed by atoms with E-state index in [0.29, 0.717) is 43.6 Å². The largest absolute Gasteiger partial charge is 0.393 e. The molecule has 3 rings (SSSR count). The number of aliphatic hydroxyl groups is 1. The highest BCUT2D eigenvalue weighted by Crippen LogP contribution is 2.17. The highest BCUT2D eigenvalue weighted by Gasteiger charge is 2.21. The molecule has 2 aromatic rings. The third-order valence-corrected chi connectivity index (χ3v) is 5.01. The van der Waals surface area contributed by atoms with Crippen molar-refractivity contribution in [1.29, 1.82) is 0 Å². The Hall–Kier alpha value is -2.86. The van der Waals surface area contributed by atoms with Crippen molar-refractivity contribution in [3.8, 4) is 0 Å². The molecule has 6 heteroatoms. The second kappa shape index (κ2) is 8.89. The first-order valence-corrected chi connectivity index (χ1v) is 9.56.